The van der Waals surface area contributed by atoms with Crippen molar-refractivity contribution in [1.29, 1.82) is 0 Å². The van der Waals surface area contributed by atoms with E-state index in [2.05, 4.69) is 5.16 Å². The second-order valence-corrected chi connectivity index (χ2v) is 6.74. The van der Waals surface area contributed by atoms with Crippen molar-refractivity contribution in [2.24, 2.45) is 11.1 Å². The van der Waals surface area contributed by atoms with E-state index in [1.54, 1.807) is 0 Å². The molecule has 0 aliphatic rings. The van der Waals surface area contributed by atoms with Gasteiger partial charge in [-0.3, -0.25) is 9.59 Å². The lowest BCUT2D eigenvalue weighted by molar-refractivity contribution is -0.166. The van der Waals surface area contributed by atoms with Gasteiger partial charge in [-0.05, 0) is 42.6 Å². The Morgan fingerprint density at radius 2 is 1.44 bits per heavy atom. The van der Waals surface area contributed by atoms with Crippen molar-refractivity contribution in [3.63, 3.8) is 0 Å². The summed E-state index contributed by atoms with van der Waals surface area (Å²) in [6.07, 6.45) is 2.43. The van der Waals surface area contributed by atoms with Crippen LogP contribution in [0.5, 0.6) is 0 Å². The molecule has 0 aromatic rings. The summed E-state index contributed by atoms with van der Waals surface area (Å²) < 4.78 is 16.6. The van der Waals surface area contributed by atoms with Gasteiger partial charge in [-0.15, -0.1) is 0 Å². The third-order valence-electron chi connectivity index (χ3n) is 3.58. The molecular formula is C19H39NO6Si. The molecule has 0 radical (unpaired) electrons. The third kappa shape index (κ3) is 13.3. The van der Waals surface area contributed by atoms with Crippen LogP contribution >= 0.6 is 0 Å². The standard InChI is InChI=1S/C19H35NO6.H4Si/c1-6-9-17(20-23)25-15(12-14(4)5)16(26-19(22)11-8-3)13-24-18(21)10-7-2;/h14-16,23H,6-13H2,1-5H3;1H4. The van der Waals surface area contributed by atoms with Crippen molar-refractivity contribution in [3.8, 4) is 0 Å². The third-order valence-corrected chi connectivity index (χ3v) is 3.58. The average molecular weight is 406 g/mol. The van der Waals surface area contributed by atoms with Crippen molar-refractivity contribution < 1.29 is 29.0 Å². The fourth-order valence-corrected chi connectivity index (χ4v) is 2.36. The van der Waals surface area contributed by atoms with Crippen LogP contribution in [0.1, 0.15) is 79.6 Å². The number of hydrogen-bond acceptors (Lipinski definition) is 7. The minimum Gasteiger partial charge on any atom is -0.471 e. The second-order valence-electron chi connectivity index (χ2n) is 6.74. The van der Waals surface area contributed by atoms with Gasteiger partial charge in [0, 0.05) is 19.3 Å². The van der Waals surface area contributed by atoms with Gasteiger partial charge in [-0.25, -0.2) is 0 Å². The first-order valence-electron chi connectivity index (χ1n) is 9.60. The smallest absolute Gasteiger partial charge is 0.306 e. The van der Waals surface area contributed by atoms with E-state index in [1.807, 2.05) is 34.6 Å². The summed E-state index contributed by atoms with van der Waals surface area (Å²) in [7, 11) is 0. The van der Waals surface area contributed by atoms with Crippen LogP contribution < -0.4 is 0 Å². The predicted octanol–water partition coefficient (Wildman–Crippen LogP) is 2.61. The largest absolute Gasteiger partial charge is 0.471 e. The van der Waals surface area contributed by atoms with Gasteiger partial charge >= 0.3 is 11.9 Å². The second kappa shape index (κ2) is 16.6. The van der Waals surface area contributed by atoms with Crippen LogP contribution in [0.25, 0.3) is 0 Å². The van der Waals surface area contributed by atoms with Gasteiger partial charge < -0.3 is 19.4 Å². The molecule has 0 aliphatic carbocycles. The Labute approximate surface area is 167 Å². The highest BCUT2D eigenvalue weighted by atomic mass is 28.1. The van der Waals surface area contributed by atoms with Crippen LogP contribution in [-0.2, 0) is 23.8 Å². The molecule has 0 fully saturated rings. The summed E-state index contributed by atoms with van der Waals surface area (Å²) in [5.74, 6) is -0.258. The monoisotopic (exact) mass is 405 g/mol. The van der Waals surface area contributed by atoms with E-state index in [0.29, 0.717) is 32.1 Å². The van der Waals surface area contributed by atoms with Gasteiger partial charge in [0.1, 0.15) is 12.7 Å². The van der Waals surface area contributed by atoms with Crippen LogP contribution in [0, 0.1) is 5.92 Å². The first-order chi connectivity index (χ1) is 12.4. The Morgan fingerprint density at radius 1 is 0.889 bits per heavy atom. The number of nitrogens with zero attached hydrogens (tertiary/aromatic N) is 1. The van der Waals surface area contributed by atoms with E-state index < -0.39 is 12.2 Å². The summed E-state index contributed by atoms with van der Waals surface area (Å²) in [6, 6.07) is 0. The minimum atomic E-state index is -0.745. The molecular weight excluding hydrogens is 366 g/mol. The van der Waals surface area contributed by atoms with Crippen LogP contribution in [0.2, 0.25) is 0 Å². The zero-order valence-electron chi connectivity index (χ0n) is 16.8. The van der Waals surface area contributed by atoms with Crippen molar-refractivity contribution in [2.45, 2.75) is 91.8 Å². The number of ether oxygens (including phenoxy) is 3. The molecule has 0 heterocycles. The molecule has 0 spiro atoms. The van der Waals surface area contributed by atoms with E-state index in [4.69, 9.17) is 19.4 Å². The molecule has 0 saturated carbocycles. The fourth-order valence-electron chi connectivity index (χ4n) is 2.36. The Hall–Kier alpha value is -1.57. The minimum absolute atomic E-state index is 0. The topological polar surface area (TPSA) is 94.4 Å². The van der Waals surface area contributed by atoms with Gasteiger partial charge in [-0.2, -0.15) is 0 Å². The van der Waals surface area contributed by atoms with Gasteiger partial charge in [-0.1, -0.05) is 39.8 Å². The maximum absolute atomic E-state index is 12.0. The maximum Gasteiger partial charge on any atom is 0.306 e. The molecule has 0 aliphatic heterocycles. The summed E-state index contributed by atoms with van der Waals surface area (Å²) in [6.45, 7) is 9.67. The fraction of sp³-hybridized carbons (Fsp3) is 0.842. The number of carbonyl (C=O) groups excluding carboxylic acids is 2. The van der Waals surface area contributed by atoms with Gasteiger partial charge in [0.05, 0.1) is 0 Å². The van der Waals surface area contributed by atoms with E-state index in [-0.39, 0.29) is 47.7 Å². The molecule has 0 bridgehead atoms. The lowest BCUT2D eigenvalue weighted by Crippen LogP contribution is -2.40. The quantitative estimate of drug-likeness (QED) is 0.126. The first-order valence-corrected chi connectivity index (χ1v) is 9.60. The van der Waals surface area contributed by atoms with Gasteiger partial charge in [0.2, 0.25) is 5.90 Å². The Bertz CT molecular complexity index is 442. The molecule has 7 nitrogen and oxygen atoms in total. The highest BCUT2D eigenvalue weighted by molar-refractivity contribution is 5.76. The number of rotatable bonds is 13. The molecule has 2 unspecified atom stereocenters. The molecule has 0 aromatic heterocycles. The number of hydrogen-bond donors (Lipinski definition) is 1. The van der Waals surface area contributed by atoms with E-state index in [0.717, 1.165) is 6.42 Å². The number of esters is 2. The zero-order valence-corrected chi connectivity index (χ0v) is 16.8. The maximum atomic E-state index is 12.0. The molecule has 8 heteroatoms. The van der Waals surface area contributed by atoms with Crippen LogP contribution in [-0.4, -0.2) is 52.8 Å². The highest BCUT2D eigenvalue weighted by Crippen LogP contribution is 2.18. The Kier molecular flexibility index (Phi) is 17.0. The van der Waals surface area contributed by atoms with E-state index >= 15 is 0 Å². The lowest BCUT2D eigenvalue weighted by Gasteiger charge is -2.28. The normalized spacial score (nSPS) is 13.5. The summed E-state index contributed by atoms with van der Waals surface area (Å²) in [4.78, 5) is 23.7. The Balaban J connectivity index is 0. The summed E-state index contributed by atoms with van der Waals surface area (Å²) in [5, 5.41) is 12.3. The van der Waals surface area contributed by atoms with Crippen LogP contribution in [0.4, 0.5) is 0 Å². The van der Waals surface area contributed by atoms with Gasteiger partial charge in [0.25, 0.3) is 0 Å². The molecule has 0 rings (SSSR count). The number of oxime groups is 1. The lowest BCUT2D eigenvalue weighted by atomic mass is 10.0. The summed E-state index contributed by atoms with van der Waals surface area (Å²) in [5.41, 5.74) is 0. The molecule has 2 atom stereocenters. The molecule has 0 saturated heterocycles. The van der Waals surface area contributed by atoms with Crippen molar-refractivity contribution in [3.05, 3.63) is 0 Å². The van der Waals surface area contributed by atoms with E-state index in [1.165, 1.54) is 0 Å². The molecule has 0 amide bonds. The molecule has 0 aromatic carbocycles. The SMILES string of the molecule is CCCC(=O)OCC(OC(=O)CCC)C(CC(C)C)OC(CCC)=NO.[SiH4]. The average Bonchev–Trinajstić information content (AvgIpc) is 2.57. The van der Waals surface area contributed by atoms with Crippen molar-refractivity contribution in [1.82, 2.24) is 0 Å². The van der Waals surface area contributed by atoms with Gasteiger partial charge in [0.15, 0.2) is 6.10 Å². The van der Waals surface area contributed by atoms with Crippen molar-refractivity contribution >= 4 is 28.8 Å². The summed E-state index contributed by atoms with van der Waals surface area (Å²) >= 11 is 0. The van der Waals surface area contributed by atoms with Crippen molar-refractivity contribution in [2.75, 3.05) is 6.61 Å². The van der Waals surface area contributed by atoms with E-state index in [9.17, 15) is 9.59 Å². The first kappa shape index (κ1) is 27.6. The predicted molar refractivity (Wildman–Crippen MR) is 110 cm³/mol. The molecule has 160 valence electrons. The molecule has 27 heavy (non-hydrogen) atoms. The van der Waals surface area contributed by atoms with Crippen LogP contribution in [0.15, 0.2) is 5.16 Å². The van der Waals surface area contributed by atoms with Crippen LogP contribution in [0.3, 0.4) is 0 Å². The highest BCUT2D eigenvalue weighted by Gasteiger charge is 2.30. The molecule has 1 N–H and O–H groups in total. The Morgan fingerprint density at radius 3 is 1.93 bits per heavy atom. The zero-order chi connectivity index (χ0) is 19.9. The number of carbonyl (C=O) groups is 2.